The molecule has 3 aliphatic carbocycles. The first-order valence-electron chi connectivity index (χ1n) is 9.44. The molecule has 2 N–H and O–H groups in total. The Kier molecular flexibility index (Phi) is 4.66. The van der Waals surface area contributed by atoms with Crippen LogP contribution in [0.3, 0.4) is 0 Å². The second-order valence-electron chi connectivity index (χ2n) is 8.50. The van der Waals surface area contributed by atoms with Gasteiger partial charge in [-0.15, -0.1) is 5.92 Å². The third kappa shape index (κ3) is 2.65. The van der Waals surface area contributed by atoms with Gasteiger partial charge >= 0.3 is 0 Å². The van der Waals surface area contributed by atoms with E-state index in [1.807, 2.05) is 32.9 Å². The first-order valence-corrected chi connectivity index (χ1v) is 9.44. The third-order valence-corrected chi connectivity index (χ3v) is 6.51. The van der Waals surface area contributed by atoms with Crippen LogP contribution >= 0.6 is 0 Å². The Morgan fingerprint density at radius 1 is 1.14 bits per heavy atom. The first-order chi connectivity index (χ1) is 13.2. The lowest BCUT2D eigenvalue weighted by Crippen LogP contribution is -2.53. The summed E-state index contributed by atoms with van der Waals surface area (Å²) in [6.45, 7) is 6.15. The van der Waals surface area contributed by atoms with Gasteiger partial charge in [-0.1, -0.05) is 32.8 Å². The van der Waals surface area contributed by atoms with E-state index in [0.29, 0.717) is 25.8 Å². The minimum atomic E-state index is -0.757. The van der Waals surface area contributed by atoms with E-state index in [0.717, 1.165) is 5.57 Å². The van der Waals surface area contributed by atoms with Gasteiger partial charge in [0, 0.05) is 23.8 Å². The predicted molar refractivity (Wildman–Crippen MR) is 104 cm³/mol. The molecule has 5 heteroatoms. The lowest BCUT2D eigenvalue weighted by Gasteiger charge is -2.56. The number of carbonyl (C=O) groups is 2. The fourth-order valence-corrected chi connectivity index (χ4v) is 5.22. The number of hydrogen-bond donors (Lipinski definition) is 1. The van der Waals surface area contributed by atoms with Crippen molar-refractivity contribution in [3.63, 3.8) is 0 Å². The largest absolute Gasteiger partial charge is 0.330 e. The summed E-state index contributed by atoms with van der Waals surface area (Å²) in [6, 6.07) is 4.02. The van der Waals surface area contributed by atoms with Gasteiger partial charge in [0.25, 0.3) is 0 Å². The molecule has 0 spiro atoms. The van der Waals surface area contributed by atoms with E-state index in [9.17, 15) is 20.1 Å². The summed E-state index contributed by atoms with van der Waals surface area (Å²) >= 11 is 0. The Morgan fingerprint density at radius 3 is 2.43 bits per heavy atom. The molecule has 0 aromatic heterocycles. The van der Waals surface area contributed by atoms with Crippen molar-refractivity contribution in [1.82, 2.24) is 0 Å². The zero-order valence-corrected chi connectivity index (χ0v) is 16.4. The van der Waals surface area contributed by atoms with Crippen molar-refractivity contribution in [2.45, 2.75) is 40.0 Å². The van der Waals surface area contributed by atoms with Crippen LogP contribution in [0.25, 0.3) is 0 Å². The molecule has 3 atom stereocenters. The van der Waals surface area contributed by atoms with Crippen molar-refractivity contribution in [2.75, 3.05) is 6.54 Å². The van der Waals surface area contributed by atoms with Crippen LogP contribution in [0.15, 0.2) is 34.9 Å². The number of hydrogen-bond acceptors (Lipinski definition) is 5. The molecule has 0 aliphatic heterocycles. The molecule has 0 radical (unpaired) electrons. The summed E-state index contributed by atoms with van der Waals surface area (Å²) in [5.74, 6) is 5.79. The predicted octanol–water partition coefficient (Wildman–Crippen LogP) is 2.76. The quantitative estimate of drug-likeness (QED) is 0.711. The van der Waals surface area contributed by atoms with Crippen LogP contribution in [0.2, 0.25) is 0 Å². The van der Waals surface area contributed by atoms with Crippen LogP contribution in [-0.4, -0.2) is 18.1 Å². The van der Waals surface area contributed by atoms with Crippen molar-refractivity contribution in [3.05, 3.63) is 34.9 Å². The number of Topliss-reactive ketones (excluding diaryl/α,β-unsaturated/α-hetero) is 1. The van der Waals surface area contributed by atoms with Gasteiger partial charge in [0.2, 0.25) is 0 Å². The molecule has 0 aromatic rings. The van der Waals surface area contributed by atoms with Crippen molar-refractivity contribution in [2.24, 2.45) is 27.9 Å². The molecule has 0 amide bonds. The van der Waals surface area contributed by atoms with Gasteiger partial charge in [-0.3, -0.25) is 9.59 Å². The van der Waals surface area contributed by atoms with E-state index >= 15 is 0 Å². The second kappa shape index (κ2) is 6.59. The molecule has 0 unspecified atom stereocenters. The van der Waals surface area contributed by atoms with Gasteiger partial charge in [0.1, 0.15) is 12.1 Å². The number of ketones is 2. The highest BCUT2D eigenvalue weighted by atomic mass is 16.1. The summed E-state index contributed by atoms with van der Waals surface area (Å²) in [7, 11) is 0. The molecule has 0 saturated heterocycles. The summed E-state index contributed by atoms with van der Waals surface area (Å²) in [4.78, 5) is 25.4. The Bertz CT molecular complexity index is 1000. The Labute approximate surface area is 165 Å². The maximum atomic E-state index is 12.8. The number of allylic oxidation sites excluding steroid dienone is 6. The van der Waals surface area contributed by atoms with Gasteiger partial charge in [0.05, 0.1) is 16.6 Å². The van der Waals surface area contributed by atoms with E-state index in [1.54, 1.807) is 12.2 Å². The molecule has 1 saturated carbocycles. The monoisotopic (exact) mass is 373 g/mol. The third-order valence-electron chi connectivity index (χ3n) is 6.51. The van der Waals surface area contributed by atoms with Gasteiger partial charge < -0.3 is 5.73 Å². The number of nitrogens with zero attached hydrogens (tertiary/aromatic N) is 2. The standard InChI is InChI=1S/C23H23N3O2/c1-21(2)18-6-8-23(7-4-5-9-24)12-15(13-25)17(27)10-19(23)22(18,3)11-16(14-26)20(21)28/h10-12,18H,5-6,8-9,24H2,1-3H3/t18-,22-,23+/m0/s1. The minimum Gasteiger partial charge on any atom is -0.330 e. The molecule has 3 rings (SSSR count). The fraction of sp³-hybridized carbons (Fsp3) is 0.478. The normalized spacial score (nSPS) is 32.9. The molecule has 142 valence electrons. The molecule has 0 heterocycles. The lowest BCUT2D eigenvalue weighted by atomic mass is 9.45. The van der Waals surface area contributed by atoms with Crippen molar-refractivity contribution < 1.29 is 9.59 Å². The van der Waals surface area contributed by atoms with Crippen LogP contribution in [0.1, 0.15) is 40.0 Å². The second-order valence-corrected chi connectivity index (χ2v) is 8.50. The van der Waals surface area contributed by atoms with Gasteiger partial charge in [-0.25, -0.2) is 0 Å². The molecular weight excluding hydrogens is 350 g/mol. The topological polar surface area (TPSA) is 108 Å². The van der Waals surface area contributed by atoms with E-state index in [1.165, 1.54) is 6.08 Å². The highest BCUT2D eigenvalue weighted by Gasteiger charge is 2.59. The average Bonchev–Trinajstić information content (AvgIpc) is 2.65. The number of carbonyl (C=O) groups excluding carboxylic acids is 2. The number of fused-ring (bicyclic) bond motifs is 3. The number of rotatable bonds is 1. The molecule has 28 heavy (non-hydrogen) atoms. The molecule has 5 nitrogen and oxygen atoms in total. The van der Waals surface area contributed by atoms with Crippen LogP contribution in [0.5, 0.6) is 0 Å². The van der Waals surface area contributed by atoms with Crippen molar-refractivity contribution in [1.29, 1.82) is 10.5 Å². The maximum Gasteiger partial charge on any atom is 0.196 e. The van der Waals surface area contributed by atoms with E-state index < -0.39 is 16.2 Å². The molecule has 0 bridgehead atoms. The maximum absolute atomic E-state index is 12.8. The van der Waals surface area contributed by atoms with Crippen molar-refractivity contribution in [3.8, 4) is 24.0 Å². The van der Waals surface area contributed by atoms with E-state index in [-0.39, 0.29) is 28.6 Å². The number of nitriles is 2. The van der Waals surface area contributed by atoms with Crippen LogP contribution in [0, 0.1) is 56.7 Å². The SMILES string of the molecule is CC1(C)C(=O)C(C#N)=C[C@]2(C)C3=CC(=O)C(C#N)=C[C@@]3(C#CCCN)CC[C@@H]12. The Balaban J connectivity index is 2.28. The van der Waals surface area contributed by atoms with Crippen molar-refractivity contribution >= 4 is 11.6 Å². The minimum absolute atomic E-state index is 0.0647. The van der Waals surface area contributed by atoms with Crippen LogP contribution in [0.4, 0.5) is 0 Å². The molecule has 0 aromatic carbocycles. The summed E-state index contributed by atoms with van der Waals surface area (Å²) < 4.78 is 0. The molecule has 3 aliphatic rings. The van der Waals surface area contributed by atoms with Gasteiger partial charge in [0.15, 0.2) is 11.6 Å². The van der Waals surface area contributed by atoms with E-state index in [4.69, 9.17) is 5.73 Å². The van der Waals surface area contributed by atoms with Gasteiger partial charge in [-0.05, 0) is 36.5 Å². The zero-order valence-electron chi connectivity index (χ0n) is 16.4. The molecular formula is C23H23N3O2. The average molecular weight is 373 g/mol. The zero-order chi connectivity index (χ0) is 20.7. The highest BCUT2D eigenvalue weighted by Crippen LogP contribution is 2.63. The summed E-state index contributed by atoms with van der Waals surface area (Å²) in [6.07, 6.45) is 6.73. The van der Waals surface area contributed by atoms with Crippen LogP contribution < -0.4 is 5.73 Å². The van der Waals surface area contributed by atoms with Gasteiger partial charge in [-0.2, -0.15) is 10.5 Å². The first kappa shape index (κ1) is 19.8. The molecule has 1 fully saturated rings. The smallest absolute Gasteiger partial charge is 0.196 e. The summed E-state index contributed by atoms with van der Waals surface area (Å²) in [5.41, 5.74) is 4.41. The fourth-order valence-electron chi connectivity index (χ4n) is 5.22. The number of nitrogens with two attached hydrogens (primary N) is 1. The lowest BCUT2D eigenvalue weighted by molar-refractivity contribution is -0.130. The van der Waals surface area contributed by atoms with Crippen LogP contribution in [-0.2, 0) is 9.59 Å². The highest BCUT2D eigenvalue weighted by molar-refractivity contribution is 6.09. The Morgan fingerprint density at radius 2 is 1.82 bits per heavy atom. The van der Waals surface area contributed by atoms with E-state index in [2.05, 4.69) is 11.8 Å². The summed E-state index contributed by atoms with van der Waals surface area (Å²) in [5, 5.41) is 18.9. The Hall–Kier alpha value is -2.94.